The van der Waals surface area contributed by atoms with Crippen LogP contribution in [0.5, 0.6) is 0 Å². The maximum absolute atomic E-state index is 10.4. The monoisotopic (exact) mass is 654 g/mol. The molecule has 2 aromatic rings. The van der Waals surface area contributed by atoms with Crippen LogP contribution in [-0.4, -0.2) is 66.1 Å². The van der Waals surface area contributed by atoms with E-state index in [2.05, 4.69) is 39.1 Å². The number of methoxy groups -OCH3 is 1. The van der Waals surface area contributed by atoms with Crippen molar-refractivity contribution in [2.75, 3.05) is 7.11 Å². The van der Waals surface area contributed by atoms with E-state index in [1.54, 1.807) is 13.2 Å². The first-order chi connectivity index (χ1) is 21.4. The molecule has 2 aliphatic rings. The Bertz CT molecular complexity index is 1170. The third kappa shape index (κ3) is 10.8. The number of benzene rings is 2. The highest BCUT2D eigenvalue weighted by Gasteiger charge is 2.51. The first kappa shape index (κ1) is 41.1. The van der Waals surface area contributed by atoms with Crippen LogP contribution in [0.15, 0.2) is 86.0 Å². The van der Waals surface area contributed by atoms with Crippen LogP contribution in [0.1, 0.15) is 51.7 Å². The highest BCUT2D eigenvalue weighted by atomic mass is 19.4. The van der Waals surface area contributed by atoms with Gasteiger partial charge in [0, 0.05) is 18.9 Å². The van der Waals surface area contributed by atoms with Crippen molar-refractivity contribution < 1.29 is 52.2 Å². The maximum atomic E-state index is 10.4. The predicted molar refractivity (Wildman–Crippen MR) is 170 cm³/mol. The molecule has 258 valence electrons. The van der Waals surface area contributed by atoms with Gasteiger partial charge in [-0.25, -0.2) is 0 Å². The molecule has 2 aromatic carbocycles. The molecule has 2 aliphatic heterocycles. The minimum Gasteiger partial charge on any atom is -0.412 e. The van der Waals surface area contributed by atoms with E-state index < -0.39 is 24.4 Å². The SMILES string of the molecule is C=C[C@]1(CC)OC(O)[C@H](OCc2ccccc2)[C@@H]1C.C=C[C@]1(CC)OC(OC)[C@H](OCc2ccccc2)[C@@H]1C.O.O=CC(F)(F)F. The van der Waals surface area contributed by atoms with Gasteiger partial charge in [-0.2, -0.15) is 13.2 Å². The molecule has 0 amide bonds. The predicted octanol–water partition coefficient (Wildman–Crippen LogP) is 6.36. The Hall–Kier alpha value is -2.90. The number of hydrogen-bond donors (Lipinski definition) is 1. The molecule has 8 atom stereocenters. The van der Waals surface area contributed by atoms with Crippen molar-refractivity contribution in [3.05, 3.63) is 97.1 Å². The van der Waals surface area contributed by atoms with Gasteiger partial charge in [0.05, 0.1) is 24.4 Å². The Morgan fingerprint density at radius 1 is 0.826 bits per heavy atom. The molecule has 0 radical (unpaired) electrons. The van der Waals surface area contributed by atoms with Gasteiger partial charge >= 0.3 is 6.18 Å². The molecule has 8 nitrogen and oxygen atoms in total. The second-order valence-corrected chi connectivity index (χ2v) is 11.0. The smallest absolute Gasteiger partial charge is 0.412 e. The van der Waals surface area contributed by atoms with E-state index in [-0.39, 0.29) is 41.4 Å². The molecular weight excluding hydrogens is 605 g/mol. The number of carbonyl (C=O) groups is 1. The Kier molecular flexibility index (Phi) is 17.0. The quantitative estimate of drug-likeness (QED) is 0.222. The fraction of sp³-hybridized carbons (Fsp3) is 0.514. The molecule has 11 heteroatoms. The summed E-state index contributed by atoms with van der Waals surface area (Å²) in [5.41, 5.74) is 1.40. The normalized spacial score (nSPS) is 30.1. The Morgan fingerprint density at radius 2 is 1.22 bits per heavy atom. The van der Waals surface area contributed by atoms with Gasteiger partial charge in [0.25, 0.3) is 0 Å². The summed E-state index contributed by atoms with van der Waals surface area (Å²) >= 11 is 0. The molecule has 0 aliphatic carbocycles. The average molecular weight is 655 g/mol. The van der Waals surface area contributed by atoms with Crippen LogP contribution < -0.4 is 0 Å². The second kappa shape index (κ2) is 19.0. The fourth-order valence-corrected chi connectivity index (χ4v) is 5.56. The van der Waals surface area contributed by atoms with E-state index in [4.69, 9.17) is 28.5 Å². The van der Waals surface area contributed by atoms with Gasteiger partial charge in [-0.15, -0.1) is 13.2 Å². The molecule has 0 saturated carbocycles. The topological polar surface area (TPSA) is 115 Å². The Morgan fingerprint density at radius 3 is 1.57 bits per heavy atom. The van der Waals surface area contributed by atoms with Gasteiger partial charge in [0.2, 0.25) is 6.29 Å². The molecule has 2 saturated heterocycles. The maximum Gasteiger partial charge on any atom is 0.446 e. The molecule has 3 N–H and O–H groups in total. The minimum atomic E-state index is -4.64. The first-order valence-electron chi connectivity index (χ1n) is 15.0. The van der Waals surface area contributed by atoms with Crippen molar-refractivity contribution in [3.8, 4) is 0 Å². The molecule has 0 bridgehead atoms. The molecule has 46 heavy (non-hydrogen) atoms. The number of aldehydes is 1. The van der Waals surface area contributed by atoms with Crippen LogP contribution in [0.4, 0.5) is 13.2 Å². The van der Waals surface area contributed by atoms with Crippen LogP contribution in [0.25, 0.3) is 0 Å². The van der Waals surface area contributed by atoms with Crippen LogP contribution in [-0.2, 0) is 41.7 Å². The summed E-state index contributed by atoms with van der Waals surface area (Å²) in [6.07, 6.45) is -2.03. The van der Waals surface area contributed by atoms with E-state index in [1.807, 2.05) is 68.5 Å². The number of rotatable bonds is 11. The van der Waals surface area contributed by atoms with E-state index in [1.165, 1.54) is 0 Å². The van der Waals surface area contributed by atoms with E-state index >= 15 is 0 Å². The summed E-state index contributed by atoms with van der Waals surface area (Å²) in [7, 11) is 1.66. The zero-order valence-corrected chi connectivity index (χ0v) is 27.2. The van der Waals surface area contributed by atoms with Crippen molar-refractivity contribution in [2.45, 2.75) is 95.9 Å². The van der Waals surface area contributed by atoms with Crippen molar-refractivity contribution >= 4 is 6.29 Å². The van der Waals surface area contributed by atoms with Gasteiger partial charge in [0.1, 0.15) is 12.2 Å². The van der Waals surface area contributed by atoms with E-state index in [9.17, 15) is 18.3 Å². The number of aliphatic hydroxyl groups excluding tert-OH is 1. The summed E-state index contributed by atoms with van der Waals surface area (Å²) in [5, 5.41) is 10.0. The zero-order valence-electron chi connectivity index (χ0n) is 27.2. The molecule has 2 unspecified atom stereocenters. The van der Waals surface area contributed by atoms with E-state index in [0.717, 1.165) is 24.0 Å². The summed E-state index contributed by atoms with van der Waals surface area (Å²) in [4.78, 5) is 8.70. The van der Waals surface area contributed by atoms with Crippen molar-refractivity contribution in [3.63, 3.8) is 0 Å². The van der Waals surface area contributed by atoms with Crippen LogP contribution >= 0.6 is 0 Å². The number of carbonyl (C=O) groups excluding carboxylic acids is 1. The summed E-state index contributed by atoms with van der Waals surface area (Å²) in [6.45, 7) is 17.1. The average Bonchev–Trinajstić information content (AvgIpc) is 3.48. The number of hydrogen-bond acceptors (Lipinski definition) is 7. The Balaban J connectivity index is 0.000000385. The lowest BCUT2D eigenvalue weighted by Gasteiger charge is -2.28. The van der Waals surface area contributed by atoms with Crippen molar-refractivity contribution in [1.82, 2.24) is 0 Å². The molecule has 2 fully saturated rings. The standard InChI is InChI=1S/C17H24O3.C16H22O3.C2HF3O.H2O/c1-5-17(6-2)13(3)15(16(18-4)20-17)19-12-14-10-8-7-9-11-14;1-4-16(5-2)12(3)14(15(17)19-16)18-11-13-9-7-6-8-10-13;3-2(4,5)1-6;/h5,7-11,13,15-16H,1,6,12H2,2-4H3;4,6-10,12,14-15,17H,1,5,11H2,2-3H3;1H;1H2/t13-,15+,16?,17+;12-,14+,15?,16+;;/m00../s1. The number of ether oxygens (including phenoxy) is 5. The fourth-order valence-electron chi connectivity index (χ4n) is 5.56. The lowest BCUT2D eigenvalue weighted by atomic mass is 9.85. The summed E-state index contributed by atoms with van der Waals surface area (Å²) in [6, 6.07) is 20.1. The van der Waals surface area contributed by atoms with Gasteiger partial charge in [0.15, 0.2) is 12.6 Å². The van der Waals surface area contributed by atoms with Crippen LogP contribution in [0, 0.1) is 11.8 Å². The van der Waals surface area contributed by atoms with Gasteiger partial charge in [-0.3, -0.25) is 4.79 Å². The van der Waals surface area contributed by atoms with Crippen LogP contribution in [0.2, 0.25) is 0 Å². The zero-order chi connectivity index (χ0) is 33.7. The summed E-state index contributed by atoms with van der Waals surface area (Å²) < 4.78 is 60.3. The van der Waals surface area contributed by atoms with Crippen molar-refractivity contribution in [1.29, 1.82) is 0 Å². The largest absolute Gasteiger partial charge is 0.446 e. The minimum absolute atomic E-state index is 0. The lowest BCUT2D eigenvalue weighted by molar-refractivity contribution is -0.176. The van der Waals surface area contributed by atoms with Crippen molar-refractivity contribution in [2.24, 2.45) is 11.8 Å². The third-order valence-corrected chi connectivity index (χ3v) is 8.48. The van der Waals surface area contributed by atoms with Gasteiger partial charge in [-0.05, 0) is 24.0 Å². The first-order valence-corrected chi connectivity index (χ1v) is 15.0. The Labute approximate surface area is 270 Å². The van der Waals surface area contributed by atoms with Crippen LogP contribution in [0.3, 0.4) is 0 Å². The van der Waals surface area contributed by atoms with Gasteiger partial charge in [-0.1, -0.05) is 101 Å². The summed E-state index contributed by atoms with van der Waals surface area (Å²) in [5.74, 6) is 0.285. The molecule has 0 aromatic heterocycles. The molecule has 2 heterocycles. The lowest BCUT2D eigenvalue weighted by Crippen LogP contribution is -2.34. The number of halogens is 3. The third-order valence-electron chi connectivity index (χ3n) is 8.48. The number of aliphatic hydroxyl groups is 1. The van der Waals surface area contributed by atoms with E-state index in [0.29, 0.717) is 13.2 Å². The molecule has 0 spiro atoms. The highest BCUT2D eigenvalue weighted by Crippen LogP contribution is 2.42. The second-order valence-electron chi connectivity index (χ2n) is 11.0. The van der Waals surface area contributed by atoms with Gasteiger partial charge < -0.3 is 34.3 Å². The highest BCUT2D eigenvalue weighted by molar-refractivity contribution is 5.56. The molecular formula is C35H49F3O8. The molecule has 4 rings (SSSR count). The number of alkyl halides is 3.